The number of rotatable bonds is 2. The first-order valence-electron chi connectivity index (χ1n) is 9.71. The standard InChI is InChI=1S/C24H23BO2S/c1-23(2)24(3,4)27-25(26-23)20-12-11-16-13-19(10-9-17(16)14-20)22-15-18-7-5-6-8-21(18)28-22/h5-15H,1-4H3. The maximum atomic E-state index is 6.21. The molecule has 0 amide bonds. The second kappa shape index (κ2) is 6.18. The van der Waals surface area contributed by atoms with Crippen molar-refractivity contribution in [3.05, 3.63) is 66.7 Å². The lowest BCUT2D eigenvalue weighted by molar-refractivity contribution is 0.00578. The molecule has 0 aliphatic carbocycles. The van der Waals surface area contributed by atoms with Crippen molar-refractivity contribution < 1.29 is 9.31 Å². The summed E-state index contributed by atoms with van der Waals surface area (Å²) in [6, 6.07) is 24.0. The van der Waals surface area contributed by atoms with Gasteiger partial charge in [0.1, 0.15) is 0 Å². The van der Waals surface area contributed by atoms with E-state index in [9.17, 15) is 0 Å². The molecule has 2 heterocycles. The van der Waals surface area contributed by atoms with Crippen LogP contribution in [-0.2, 0) is 9.31 Å². The van der Waals surface area contributed by atoms with Crippen molar-refractivity contribution >= 4 is 44.8 Å². The molecule has 4 aromatic rings. The van der Waals surface area contributed by atoms with Gasteiger partial charge in [-0.05, 0) is 73.1 Å². The monoisotopic (exact) mass is 386 g/mol. The Morgan fingerprint density at radius 2 is 1.39 bits per heavy atom. The van der Waals surface area contributed by atoms with Crippen LogP contribution in [0.2, 0.25) is 0 Å². The van der Waals surface area contributed by atoms with Crippen LogP contribution in [0.5, 0.6) is 0 Å². The zero-order valence-corrected chi connectivity index (χ0v) is 17.5. The van der Waals surface area contributed by atoms with Gasteiger partial charge in [0.05, 0.1) is 11.2 Å². The van der Waals surface area contributed by atoms with E-state index in [1.54, 1.807) is 0 Å². The highest BCUT2D eigenvalue weighted by Crippen LogP contribution is 2.37. The number of hydrogen-bond donors (Lipinski definition) is 0. The fourth-order valence-electron chi connectivity index (χ4n) is 3.67. The summed E-state index contributed by atoms with van der Waals surface area (Å²) in [6.07, 6.45) is 0. The van der Waals surface area contributed by atoms with E-state index in [2.05, 4.69) is 94.4 Å². The highest BCUT2D eigenvalue weighted by atomic mass is 32.1. The summed E-state index contributed by atoms with van der Waals surface area (Å²) in [4.78, 5) is 1.30. The van der Waals surface area contributed by atoms with E-state index >= 15 is 0 Å². The first-order valence-corrected chi connectivity index (χ1v) is 10.5. The van der Waals surface area contributed by atoms with E-state index in [-0.39, 0.29) is 18.3 Å². The van der Waals surface area contributed by atoms with E-state index in [4.69, 9.17) is 9.31 Å². The van der Waals surface area contributed by atoms with Gasteiger partial charge in [-0.2, -0.15) is 0 Å². The highest BCUT2D eigenvalue weighted by Gasteiger charge is 2.51. The molecule has 3 aromatic carbocycles. The van der Waals surface area contributed by atoms with E-state index < -0.39 is 0 Å². The molecule has 140 valence electrons. The van der Waals surface area contributed by atoms with Gasteiger partial charge in [-0.1, -0.05) is 48.5 Å². The van der Waals surface area contributed by atoms with Gasteiger partial charge in [-0.25, -0.2) is 0 Å². The Labute approximate surface area is 170 Å². The van der Waals surface area contributed by atoms with Crippen LogP contribution in [0.25, 0.3) is 31.3 Å². The molecule has 28 heavy (non-hydrogen) atoms. The minimum absolute atomic E-state index is 0.322. The summed E-state index contributed by atoms with van der Waals surface area (Å²) in [5.41, 5.74) is 1.69. The van der Waals surface area contributed by atoms with Gasteiger partial charge in [-0.3, -0.25) is 0 Å². The largest absolute Gasteiger partial charge is 0.494 e. The molecule has 1 aliphatic heterocycles. The summed E-state index contributed by atoms with van der Waals surface area (Å²) in [7, 11) is -0.323. The number of thiophene rings is 1. The van der Waals surface area contributed by atoms with Crippen molar-refractivity contribution in [3.63, 3.8) is 0 Å². The molecule has 2 nitrogen and oxygen atoms in total. The van der Waals surface area contributed by atoms with Gasteiger partial charge in [-0.15, -0.1) is 11.3 Å². The van der Waals surface area contributed by atoms with E-state index in [1.807, 2.05) is 11.3 Å². The third kappa shape index (κ3) is 2.88. The van der Waals surface area contributed by atoms with Gasteiger partial charge >= 0.3 is 7.12 Å². The van der Waals surface area contributed by atoms with Crippen LogP contribution in [0.3, 0.4) is 0 Å². The lowest BCUT2D eigenvalue weighted by atomic mass is 9.78. The average molecular weight is 386 g/mol. The molecule has 1 aromatic heterocycles. The Balaban J connectivity index is 1.50. The topological polar surface area (TPSA) is 18.5 Å². The van der Waals surface area contributed by atoms with Crippen LogP contribution >= 0.6 is 11.3 Å². The number of fused-ring (bicyclic) bond motifs is 2. The normalized spacial score (nSPS) is 18.2. The molecular formula is C24H23BO2S. The predicted octanol–water partition coefficient (Wildman–Crippen LogP) is 6.02. The molecular weight excluding hydrogens is 363 g/mol. The fourth-order valence-corrected chi connectivity index (χ4v) is 4.73. The van der Waals surface area contributed by atoms with E-state index in [1.165, 1.54) is 31.3 Å². The lowest BCUT2D eigenvalue weighted by Gasteiger charge is -2.32. The predicted molar refractivity (Wildman–Crippen MR) is 120 cm³/mol. The number of hydrogen-bond acceptors (Lipinski definition) is 3. The molecule has 4 heteroatoms. The first-order chi connectivity index (χ1) is 13.3. The van der Waals surface area contributed by atoms with Crippen molar-refractivity contribution in [1.29, 1.82) is 0 Å². The molecule has 0 saturated carbocycles. The van der Waals surface area contributed by atoms with Crippen molar-refractivity contribution in [2.75, 3.05) is 0 Å². The van der Waals surface area contributed by atoms with Gasteiger partial charge in [0.15, 0.2) is 0 Å². The molecule has 1 fully saturated rings. The minimum Gasteiger partial charge on any atom is -0.399 e. The SMILES string of the molecule is CC1(C)OB(c2ccc3cc(-c4cc5ccccc5s4)ccc3c2)OC1(C)C. The Morgan fingerprint density at radius 3 is 2.14 bits per heavy atom. The fraction of sp³-hybridized carbons (Fsp3) is 0.250. The minimum atomic E-state index is -0.323. The van der Waals surface area contributed by atoms with E-state index in [0.717, 1.165) is 5.46 Å². The smallest absolute Gasteiger partial charge is 0.399 e. The van der Waals surface area contributed by atoms with Crippen LogP contribution < -0.4 is 5.46 Å². The van der Waals surface area contributed by atoms with Crippen LogP contribution in [0, 0.1) is 0 Å². The summed E-state index contributed by atoms with van der Waals surface area (Å²) in [6.45, 7) is 8.35. The Morgan fingerprint density at radius 1 is 0.714 bits per heavy atom. The Hall–Kier alpha value is -2.14. The molecule has 0 N–H and O–H groups in total. The first kappa shape index (κ1) is 17.9. The van der Waals surface area contributed by atoms with Gasteiger partial charge in [0, 0.05) is 9.58 Å². The molecule has 0 unspecified atom stereocenters. The molecule has 0 bridgehead atoms. The van der Waals surface area contributed by atoms with Crippen LogP contribution in [0.1, 0.15) is 27.7 Å². The Kier molecular flexibility index (Phi) is 3.96. The second-order valence-electron chi connectivity index (χ2n) is 8.56. The van der Waals surface area contributed by atoms with Crippen molar-refractivity contribution in [2.45, 2.75) is 38.9 Å². The number of benzene rings is 3. The molecule has 0 radical (unpaired) electrons. The zero-order valence-electron chi connectivity index (χ0n) is 16.7. The molecule has 0 atom stereocenters. The van der Waals surface area contributed by atoms with Crippen LogP contribution in [-0.4, -0.2) is 18.3 Å². The molecule has 1 aliphatic rings. The van der Waals surface area contributed by atoms with Crippen molar-refractivity contribution in [1.82, 2.24) is 0 Å². The highest BCUT2D eigenvalue weighted by molar-refractivity contribution is 7.22. The van der Waals surface area contributed by atoms with Crippen LogP contribution in [0.4, 0.5) is 0 Å². The lowest BCUT2D eigenvalue weighted by Crippen LogP contribution is -2.41. The third-order valence-electron chi connectivity index (χ3n) is 6.10. The maximum Gasteiger partial charge on any atom is 0.494 e. The maximum absolute atomic E-state index is 6.21. The zero-order chi connectivity index (χ0) is 19.5. The third-order valence-corrected chi connectivity index (χ3v) is 7.26. The summed E-state index contributed by atoms with van der Waals surface area (Å²) in [5.74, 6) is 0. The molecule has 5 rings (SSSR count). The van der Waals surface area contributed by atoms with Crippen molar-refractivity contribution in [2.24, 2.45) is 0 Å². The van der Waals surface area contributed by atoms with E-state index in [0.29, 0.717) is 0 Å². The van der Waals surface area contributed by atoms with Crippen LogP contribution in [0.15, 0.2) is 66.7 Å². The summed E-state index contributed by atoms with van der Waals surface area (Å²) >= 11 is 1.84. The quantitative estimate of drug-likeness (QED) is 0.392. The molecule has 1 saturated heterocycles. The van der Waals surface area contributed by atoms with Crippen molar-refractivity contribution in [3.8, 4) is 10.4 Å². The second-order valence-corrected chi connectivity index (χ2v) is 9.64. The summed E-state index contributed by atoms with van der Waals surface area (Å²) < 4.78 is 13.7. The summed E-state index contributed by atoms with van der Waals surface area (Å²) in [5, 5.41) is 3.74. The Bertz CT molecular complexity index is 1140. The van der Waals surface area contributed by atoms with Gasteiger partial charge in [0.25, 0.3) is 0 Å². The molecule has 0 spiro atoms. The van der Waals surface area contributed by atoms with Gasteiger partial charge < -0.3 is 9.31 Å². The average Bonchev–Trinajstić information content (AvgIpc) is 3.19. The van der Waals surface area contributed by atoms with Gasteiger partial charge in [0.2, 0.25) is 0 Å².